The molecule has 0 unspecified atom stereocenters. The number of amides is 1. The van der Waals surface area contributed by atoms with Crippen LogP contribution in [-0.2, 0) is 9.59 Å². The maximum absolute atomic E-state index is 13.8. The molecule has 170 valence electrons. The molecule has 1 saturated heterocycles. The minimum Gasteiger partial charge on any atom is -0.507 e. The van der Waals surface area contributed by atoms with E-state index in [0.29, 0.717) is 33.7 Å². The number of halogens is 1. The molecule has 0 spiro atoms. The standard InChI is InChI=1S/C26H19FN2O4S/c1-2-33-18-11-8-15(9-12-18)22-21(23(30)16-6-4-3-5-7-16)24(31)25(32)29(22)26-28-19-13-10-17(27)14-20(19)34-26/h3-14,22,30H,2H2,1H3/t22-/m0/s1. The molecular formula is C26H19FN2O4S. The Kier molecular flexibility index (Phi) is 5.59. The average molecular weight is 475 g/mol. The fraction of sp³-hybridized carbons (Fsp3) is 0.115. The van der Waals surface area contributed by atoms with E-state index < -0.39 is 23.5 Å². The number of rotatable bonds is 5. The maximum atomic E-state index is 13.8. The lowest BCUT2D eigenvalue weighted by Crippen LogP contribution is -2.29. The SMILES string of the molecule is CCOc1ccc([C@H]2C(=C(O)c3ccccc3)C(=O)C(=O)N2c2nc3ccc(F)cc3s2)cc1. The Balaban J connectivity index is 1.70. The molecule has 1 aliphatic rings. The molecule has 1 aliphatic heterocycles. The number of fused-ring (bicyclic) bond motifs is 1. The number of carbonyl (C=O) groups excluding carboxylic acids is 2. The molecule has 3 aromatic carbocycles. The van der Waals surface area contributed by atoms with Crippen LogP contribution in [0.15, 0.2) is 78.4 Å². The summed E-state index contributed by atoms with van der Waals surface area (Å²) >= 11 is 1.11. The summed E-state index contributed by atoms with van der Waals surface area (Å²) < 4.78 is 19.8. The van der Waals surface area contributed by atoms with Gasteiger partial charge >= 0.3 is 5.91 Å². The van der Waals surface area contributed by atoms with Crippen molar-refractivity contribution in [3.8, 4) is 5.75 Å². The molecular weight excluding hydrogens is 455 g/mol. The van der Waals surface area contributed by atoms with Gasteiger partial charge in [-0.3, -0.25) is 14.5 Å². The van der Waals surface area contributed by atoms with Crippen LogP contribution in [0.4, 0.5) is 9.52 Å². The highest BCUT2D eigenvalue weighted by Crippen LogP contribution is 2.44. The number of benzene rings is 3. The maximum Gasteiger partial charge on any atom is 0.301 e. The molecule has 8 heteroatoms. The Hall–Kier alpha value is -4.04. The minimum absolute atomic E-state index is 0.0363. The highest BCUT2D eigenvalue weighted by Gasteiger charge is 2.48. The second kappa shape index (κ2) is 8.72. The van der Waals surface area contributed by atoms with E-state index in [1.807, 2.05) is 6.92 Å². The van der Waals surface area contributed by atoms with Gasteiger partial charge in [0, 0.05) is 5.56 Å². The van der Waals surface area contributed by atoms with Gasteiger partial charge in [0.1, 0.15) is 17.3 Å². The topological polar surface area (TPSA) is 79.7 Å². The lowest BCUT2D eigenvalue weighted by molar-refractivity contribution is -0.132. The van der Waals surface area contributed by atoms with Crippen LogP contribution in [0.25, 0.3) is 16.0 Å². The van der Waals surface area contributed by atoms with Crippen LogP contribution in [0, 0.1) is 5.82 Å². The predicted molar refractivity (Wildman–Crippen MR) is 128 cm³/mol. The number of aliphatic hydroxyl groups is 1. The smallest absolute Gasteiger partial charge is 0.301 e. The van der Waals surface area contributed by atoms with Crippen LogP contribution in [0.5, 0.6) is 5.75 Å². The van der Waals surface area contributed by atoms with E-state index in [1.54, 1.807) is 54.6 Å². The molecule has 5 rings (SSSR count). The second-order valence-electron chi connectivity index (χ2n) is 7.65. The number of ether oxygens (including phenoxy) is 1. The van der Waals surface area contributed by atoms with Crippen molar-refractivity contribution in [1.29, 1.82) is 0 Å². The highest BCUT2D eigenvalue weighted by molar-refractivity contribution is 7.22. The third kappa shape index (κ3) is 3.72. The zero-order chi connectivity index (χ0) is 23.8. The van der Waals surface area contributed by atoms with E-state index in [1.165, 1.54) is 23.1 Å². The van der Waals surface area contributed by atoms with Crippen molar-refractivity contribution in [3.63, 3.8) is 0 Å². The third-order valence-corrected chi connectivity index (χ3v) is 6.56. The van der Waals surface area contributed by atoms with Gasteiger partial charge < -0.3 is 9.84 Å². The summed E-state index contributed by atoms with van der Waals surface area (Å²) in [5.41, 5.74) is 1.50. The molecule has 2 heterocycles. The summed E-state index contributed by atoms with van der Waals surface area (Å²) in [5.74, 6) is -1.67. The van der Waals surface area contributed by atoms with Gasteiger partial charge in [-0.2, -0.15) is 0 Å². The third-order valence-electron chi connectivity index (χ3n) is 5.54. The number of thiazole rings is 1. The number of anilines is 1. The summed E-state index contributed by atoms with van der Waals surface area (Å²) in [6.45, 7) is 2.37. The molecule has 1 N–H and O–H groups in total. The molecule has 34 heavy (non-hydrogen) atoms. The van der Waals surface area contributed by atoms with Crippen molar-refractivity contribution in [2.75, 3.05) is 11.5 Å². The van der Waals surface area contributed by atoms with E-state index in [4.69, 9.17) is 4.74 Å². The summed E-state index contributed by atoms with van der Waals surface area (Å²) in [6.07, 6.45) is 0. The largest absolute Gasteiger partial charge is 0.507 e. The van der Waals surface area contributed by atoms with Crippen LogP contribution >= 0.6 is 11.3 Å². The fourth-order valence-electron chi connectivity index (χ4n) is 4.00. The van der Waals surface area contributed by atoms with Gasteiger partial charge in [0.2, 0.25) is 0 Å². The van der Waals surface area contributed by atoms with Gasteiger partial charge in [-0.05, 0) is 42.8 Å². The van der Waals surface area contributed by atoms with Crippen LogP contribution in [-0.4, -0.2) is 28.4 Å². The van der Waals surface area contributed by atoms with Gasteiger partial charge in [0.05, 0.1) is 28.4 Å². The Bertz CT molecular complexity index is 1430. The first-order valence-corrected chi connectivity index (χ1v) is 11.4. The zero-order valence-electron chi connectivity index (χ0n) is 18.1. The molecule has 0 bridgehead atoms. The van der Waals surface area contributed by atoms with Crippen LogP contribution in [0.1, 0.15) is 24.1 Å². The van der Waals surface area contributed by atoms with Crippen LogP contribution < -0.4 is 9.64 Å². The van der Waals surface area contributed by atoms with Gasteiger partial charge in [-0.1, -0.05) is 53.8 Å². The van der Waals surface area contributed by atoms with E-state index in [-0.39, 0.29) is 16.5 Å². The van der Waals surface area contributed by atoms with E-state index in [0.717, 1.165) is 11.3 Å². The number of aromatic nitrogens is 1. The molecule has 1 fully saturated rings. The Morgan fingerprint density at radius 3 is 2.53 bits per heavy atom. The number of ketones is 1. The highest BCUT2D eigenvalue weighted by atomic mass is 32.1. The van der Waals surface area contributed by atoms with E-state index in [2.05, 4.69) is 4.98 Å². The zero-order valence-corrected chi connectivity index (χ0v) is 18.9. The summed E-state index contributed by atoms with van der Waals surface area (Å²) in [4.78, 5) is 32.2. The van der Waals surface area contributed by atoms with E-state index in [9.17, 15) is 19.1 Å². The van der Waals surface area contributed by atoms with Crippen LogP contribution in [0.3, 0.4) is 0 Å². The number of carbonyl (C=O) groups is 2. The average Bonchev–Trinajstić information content (AvgIpc) is 3.37. The minimum atomic E-state index is -0.915. The normalized spacial score (nSPS) is 17.5. The number of hydrogen-bond donors (Lipinski definition) is 1. The Morgan fingerprint density at radius 1 is 1.09 bits per heavy atom. The Labute approximate surface area is 198 Å². The number of hydrogen-bond acceptors (Lipinski definition) is 6. The first kappa shape index (κ1) is 21.8. The fourth-order valence-corrected chi connectivity index (χ4v) is 5.02. The number of aliphatic hydroxyl groups excluding tert-OH is 1. The molecule has 0 aliphatic carbocycles. The van der Waals surface area contributed by atoms with Crippen LogP contribution in [0.2, 0.25) is 0 Å². The molecule has 1 amide bonds. The predicted octanol–water partition coefficient (Wildman–Crippen LogP) is 5.46. The van der Waals surface area contributed by atoms with Crippen molar-refractivity contribution >= 4 is 44.1 Å². The molecule has 1 aromatic heterocycles. The molecule has 0 saturated carbocycles. The van der Waals surface area contributed by atoms with Crippen molar-refractivity contribution in [1.82, 2.24) is 4.98 Å². The van der Waals surface area contributed by atoms with Crippen molar-refractivity contribution in [3.05, 3.63) is 95.3 Å². The lowest BCUT2D eigenvalue weighted by Gasteiger charge is -2.23. The summed E-state index contributed by atoms with van der Waals surface area (Å²) in [5, 5.41) is 11.4. The molecule has 6 nitrogen and oxygen atoms in total. The van der Waals surface area contributed by atoms with E-state index >= 15 is 0 Å². The Morgan fingerprint density at radius 2 is 1.82 bits per heavy atom. The van der Waals surface area contributed by atoms with Crippen molar-refractivity contribution in [2.45, 2.75) is 13.0 Å². The number of Topliss-reactive ketones (excluding diaryl/α,β-unsaturated/α-hetero) is 1. The van der Waals surface area contributed by atoms with Gasteiger partial charge in [-0.15, -0.1) is 0 Å². The molecule has 1 atom stereocenters. The van der Waals surface area contributed by atoms with Gasteiger partial charge in [-0.25, -0.2) is 9.37 Å². The molecule has 0 radical (unpaired) electrons. The van der Waals surface area contributed by atoms with Gasteiger partial charge in [0.25, 0.3) is 5.78 Å². The summed E-state index contributed by atoms with van der Waals surface area (Å²) in [7, 11) is 0. The van der Waals surface area contributed by atoms with Crippen molar-refractivity contribution < 1.29 is 23.8 Å². The first-order chi connectivity index (χ1) is 16.5. The second-order valence-corrected chi connectivity index (χ2v) is 8.65. The quantitative estimate of drug-likeness (QED) is 0.236. The lowest BCUT2D eigenvalue weighted by atomic mass is 9.95. The van der Waals surface area contributed by atoms with Crippen molar-refractivity contribution in [2.24, 2.45) is 0 Å². The van der Waals surface area contributed by atoms with Gasteiger partial charge in [0.15, 0.2) is 5.13 Å². The summed E-state index contributed by atoms with van der Waals surface area (Å²) in [6, 6.07) is 18.8. The number of nitrogens with zero attached hydrogens (tertiary/aromatic N) is 2. The first-order valence-electron chi connectivity index (χ1n) is 10.6. The monoisotopic (exact) mass is 474 g/mol. The molecule has 4 aromatic rings.